The summed E-state index contributed by atoms with van der Waals surface area (Å²) in [7, 11) is 0. The van der Waals surface area contributed by atoms with Gasteiger partial charge in [-0.05, 0) is 24.7 Å². The maximum absolute atomic E-state index is 13.0. The summed E-state index contributed by atoms with van der Waals surface area (Å²) in [6.07, 6.45) is 0.0756. The largest absolute Gasteiger partial charge is 0.443 e. The van der Waals surface area contributed by atoms with Crippen LogP contribution in [0.1, 0.15) is 48.0 Å². The molecule has 1 fully saturated rings. The number of ether oxygens (including phenoxy) is 1. The number of hydrogen-bond acceptors (Lipinski definition) is 5. The van der Waals surface area contributed by atoms with Gasteiger partial charge in [-0.15, -0.1) is 0 Å². The smallest absolute Gasteiger partial charge is 0.418 e. The predicted octanol–water partition coefficient (Wildman–Crippen LogP) is 4.53. The fraction of sp³-hybridized carbons (Fsp3) is 0.923. The van der Waals surface area contributed by atoms with Crippen LogP contribution in [0, 0.1) is 5.41 Å². The summed E-state index contributed by atoms with van der Waals surface area (Å²) in [5.74, 6) is 0. The lowest BCUT2D eigenvalue weighted by atomic mass is 9.89. The monoisotopic (exact) mass is 323 g/mol. The predicted molar refractivity (Wildman–Crippen MR) is 83.0 cm³/mol. The fourth-order valence-electron chi connectivity index (χ4n) is 1.72. The fourth-order valence-corrected chi connectivity index (χ4v) is 6.62. The van der Waals surface area contributed by atoms with Crippen molar-refractivity contribution in [1.29, 1.82) is 0 Å². The average Bonchev–Trinajstić information content (AvgIpc) is 2.72. The van der Waals surface area contributed by atoms with Crippen LogP contribution in [0.3, 0.4) is 0 Å². The molecule has 0 radical (unpaired) electrons. The molecule has 5 nitrogen and oxygen atoms in total. The quantitative estimate of drug-likeness (QED) is 0.672. The number of rotatable bonds is 6. The third kappa shape index (κ3) is 4.15. The Hall–Kier alpha value is -0.190. The molecule has 20 heavy (non-hydrogen) atoms. The van der Waals surface area contributed by atoms with Gasteiger partial charge in [0.2, 0.25) is 0 Å². The highest BCUT2D eigenvalue weighted by Crippen LogP contribution is 2.65. The summed E-state index contributed by atoms with van der Waals surface area (Å²) in [5.41, 5.74) is -0.178. The van der Waals surface area contributed by atoms with Crippen molar-refractivity contribution in [3.63, 3.8) is 0 Å². The molecule has 0 aliphatic carbocycles. The van der Waals surface area contributed by atoms with Gasteiger partial charge < -0.3 is 9.26 Å². The van der Waals surface area contributed by atoms with E-state index in [2.05, 4.69) is 0 Å². The molecular formula is C13H26NO4PS. The number of hydrogen-bond donors (Lipinski definition) is 0. The van der Waals surface area contributed by atoms with E-state index in [4.69, 9.17) is 9.26 Å². The Bertz CT molecular complexity index is 396. The zero-order chi connectivity index (χ0) is 15.6. The molecule has 1 aliphatic heterocycles. The molecule has 0 aromatic heterocycles. The Balaban J connectivity index is 2.93. The van der Waals surface area contributed by atoms with Crippen LogP contribution in [0.5, 0.6) is 0 Å². The Labute approximate surface area is 126 Å². The van der Waals surface area contributed by atoms with Crippen molar-refractivity contribution in [3.8, 4) is 0 Å². The van der Waals surface area contributed by atoms with E-state index in [0.29, 0.717) is 13.2 Å². The first-order chi connectivity index (χ1) is 9.14. The van der Waals surface area contributed by atoms with Gasteiger partial charge in [0.05, 0.1) is 13.2 Å². The molecule has 1 saturated heterocycles. The normalized spacial score (nSPS) is 24.4. The minimum absolute atomic E-state index is 0.161. The van der Waals surface area contributed by atoms with Crippen molar-refractivity contribution in [2.75, 3.05) is 13.2 Å². The highest BCUT2D eigenvalue weighted by atomic mass is 32.7. The summed E-state index contributed by atoms with van der Waals surface area (Å²) in [6, 6.07) is 0. The first-order valence-electron chi connectivity index (χ1n) is 7.05. The van der Waals surface area contributed by atoms with Gasteiger partial charge >= 0.3 is 12.8 Å². The molecular weight excluding hydrogens is 297 g/mol. The third-order valence-corrected chi connectivity index (χ3v) is 8.48. The molecule has 0 spiro atoms. The minimum Gasteiger partial charge on any atom is -0.443 e. The van der Waals surface area contributed by atoms with Crippen molar-refractivity contribution in [3.05, 3.63) is 0 Å². The molecule has 1 aliphatic rings. The van der Waals surface area contributed by atoms with Crippen LogP contribution >= 0.6 is 18.1 Å². The molecule has 118 valence electrons. The van der Waals surface area contributed by atoms with E-state index in [1.54, 1.807) is 6.92 Å². The molecule has 1 heterocycles. The van der Waals surface area contributed by atoms with Crippen LogP contribution in [0.25, 0.3) is 0 Å². The standard InChI is InChI=1S/C13H26NO4PS/c1-7-10(3)20-19(16,17-8-2)14-9-11(13(4,5)6)18-12(14)15/h10-11H,7-9H2,1-6H3. The SMILES string of the molecule is CCOP(=O)(SC(C)CC)N1CC(C(C)(C)C)OC1=O. The van der Waals surface area contributed by atoms with Gasteiger partial charge in [-0.3, -0.25) is 4.57 Å². The summed E-state index contributed by atoms with van der Waals surface area (Å²) < 4.78 is 25.2. The second-order valence-corrected chi connectivity index (χ2v) is 10.7. The van der Waals surface area contributed by atoms with E-state index in [0.717, 1.165) is 6.42 Å². The minimum atomic E-state index is -3.23. The van der Waals surface area contributed by atoms with Crippen molar-refractivity contribution in [2.45, 2.75) is 59.3 Å². The summed E-state index contributed by atoms with van der Waals surface area (Å²) in [5, 5.41) is 0.161. The first kappa shape index (κ1) is 17.9. The van der Waals surface area contributed by atoms with E-state index >= 15 is 0 Å². The summed E-state index contributed by atoms with van der Waals surface area (Å²) >= 11 is 1.24. The number of carbonyl (C=O) groups is 1. The van der Waals surface area contributed by atoms with E-state index < -0.39 is 12.8 Å². The van der Waals surface area contributed by atoms with Gasteiger partial charge in [-0.25, -0.2) is 9.46 Å². The molecule has 0 N–H and O–H groups in total. The van der Waals surface area contributed by atoms with Gasteiger partial charge in [0, 0.05) is 10.7 Å². The van der Waals surface area contributed by atoms with Crippen molar-refractivity contribution in [1.82, 2.24) is 4.67 Å². The Kier molecular flexibility index (Phi) is 6.00. The third-order valence-electron chi connectivity index (χ3n) is 3.23. The molecule has 0 aromatic carbocycles. The van der Waals surface area contributed by atoms with Crippen LogP contribution in [0.4, 0.5) is 4.79 Å². The van der Waals surface area contributed by atoms with Gasteiger partial charge in [0.25, 0.3) is 0 Å². The molecule has 7 heteroatoms. The van der Waals surface area contributed by atoms with E-state index in [-0.39, 0.29) is 16.8 Å². The van der Waals surface area contributed by atoms with Crippen LogP contribution in [0.2, 0.25) is 0 Å². The molecule has 0 saturated carbocycles. The van der Waals surface area contributed by atoms with Gasteiger partial charge in [-0.2, -0.15) is 0 Å². The Morgan fingerprint density at radius 2 is 2.10 bits per heavy atom. The molecule has 3 unspecified atom stereocenters. The molecule has 1 rings (SSSR count). The van der Waals surface area contributed by atoms with Crippen LogP contribution < -0.4 is 0 Å². The van der Waals surface area contributed by atoms with Crippen LogP contribution in [0.15, 0.2) is 0 Å². The summed E-state index contributed by atoms with van der Waals surface area (Å²) in [4.78, 5) is 12.1. The van der Waals surface area contributed by atoms with Crippen molar-refractivity contribution < 1.29 is 18.6 Å². The number of nitrogens with zero attached hydrogens (tertiary/aromatic N) is 1. The van der Waals surface area contributed by atoms with Crippen molar-refractivity contribution in [2.24, 2.45) is 5.41 Å². The van der Waals surface area contributed by atoms with Crippen LogP contribution in [-0.4, -0.2) is 35.3 Å². The first-order valence-corrected chi connectivity index (χ1v) is 10.1. The zero-order valence-corrected chi connectivity index (χ0v) is 14.9. The van der Waals surface area contributed by atoms with Gasteiger partial charge in [0.15, 0.2) is 0 Å². The van der Waals surface area contributed by atoms with Crippen LogP contribution in [-0.2, 0) is 13.8 Å². The Morgan fingerprint density at radius 1 is 1.50 bits per heavy atom. The topological polar surface area (TPSA) is 55.8 Å². The average molecular weight is 323 g/mol. The van der Waals surface area contributed by atoms with Gasteiger partial charge in [0.1, 0.15) is 6.10 Å². The maximum atomic E-state index is 13.0. The number of amides is 1. The zero-order valence-electron chi connectivity index (χ0n) is 13.2. The highest BCUT2D eigenvalue weighted by Gasteiger charge is 2.48. The number of cyclic esters (lactones) is 1. The molecule has 0 bridgehead atoms. The maximum Gasteiger partial charge on any atom is 0.418 e. The van der Waals surface area contributed by atoms with Crippen molar-refractivity contribution >= 4 is 24.2 Å². The second kappa shape index (κ2) is 6.71. The van der Waals surface area contributed by atoms with Gasteiger partial charge in [-0.1, -0.05) is 34.6 Å². The number of carbonyl (C=O) groups excluding carboxylic acids is 1. The lowest BCUT2D eigenvalue weighted by molar-refractivity contribution is 0.0726. The molecule has 1 amide bonds. The van der Waals surface area contributed by atoms with E-state index in [1.165, 1.54) is 16.1 Å². The molecule has 3 atom stereocenters. The second-order valence-electron chi connectivity index (χ2n) is 6.03. The lowest BCUT2D eigenvalue weighted by Crippen LogP contribution is -2.30. The molecule has 0 aromatic rings. The van der Waals surface area contributed by atoms with E-state index in [9.17, 15) is 9.36 Å². The Morgan fingerprint density at radius 3 is 2.50 bits per heavy atom. The highest BCUT2D eigenvalue weighted by molar-refractivity contribution is 8.56. The lowest BCUT2D eigenvalue weighted by Gasteiger charge is -2.27. The van der Waals surface area contributed by atoms with E-state index in [1.807, 2.05) is 34.6 Å². The summed E-state index contributed by atoms with van der Waals surface area (Å²) in [6.45, 7) is 9.20.